The first-order chi connectivity index (χ1) is 8.93. The van der Waals surface area contributed by atoms with Crippen LogP contribution in [0.3, 0.4) is 0 Å². The highest BCUT2D eigenvalue weighted by Gasteiger charge is 2.34. The van der Waals surface area contributed by atoms with Gasteiger partial charge in [0.2, 0.25) is 0 Å². The molecule has 2 unspecified atom stereocenters. The van der Waals surface area contributed by atoms with Crippen molar-refractivity contribution in [1.29, 1.82) is 0 Å². The van der Waals surface area contributed by atoms with Crippen LogP contribution in [0.4, 0.5) is 19.0 Å². The molecule has 106 valence electrons. The van der Waals surface area contributed by atoms with Crippen LogP contribution in [0.5, 0.6) is 0 Å². The first kappa shape index (κ1) is 14.0. The van der Waals surface area contributed by atoms with Crippen molar-refractivity contribution < 1.29 is 13.2 Å². The average molecular weight is 274 g/mol. The van der Waals surface area contributed by atoms with Gasteiger partial charge in [-0.25, -0.2) is 0 Å². The molecule has 0 bridgehead atoms. The number of anilines is 1. The Bertz CT molecular complexity index is 418. The summed E-state index contributed by atoms with van der Waals surface area (Å²) >= 11 is 0. The summed E-state index contributed by atoms with van der Waals surface area (Å²) in [5.74, 6) is 0.468. The first-order valence-corrected chi connectivity index (χ1v) is 6.33. The molecule has 1 aromatic rings. The highest BCUT2D eigenvalue weighted by atomic mass is 19.4. The maximum Gasteiger partial charge on any atom is 0.435 e. The molecule has 0 aromatic carbocycles. The van der Waals surface area contributed by atoms with Gasteiger partial charge in [0.1, 0.15) is 0 Å². The molecule has 0 aliphatic carbocycles. The lowest BCUT2D eigenvalue weighted by Crippen LogP contribution is -2.49. The van der Waals surface area contributed by atoms with Crippen molar-refractivity contribution in [3.05, 3.63) is 17.8 Å². The Morgan fingerprint density at radius 2 is 2.05 bits per heavy atom. The second kappa shape index (κ2) is 5.32. The zero-order chi connectivity index (χ0) is 14.0. The lowest BCUT2D eigenvalue weighted by atomic mass is 9.96. The van der Waals surface area contributed by atoms with E-state index in [1.54, 1.807) is 0 Å². The summed E-state index contributed by atoms with van der Waals surface area (Å²) < 4.78 is 37.3. The summed E-state index contributed by atoms with van der Waals surface area (Å²) in [6, 6.07) is 2.68. The van der Waals surface area contributed by atoms with Crippen molar-refractivity contribution in [2.24, 2.45) is 5.73 Å². The molecule has 2 atom stereocenters. The van der Waals surface area contributed by atoms with Gasteiger partial charge in [-0.15, -0.1) is 10.2 Å². The fourth-order valence-corrected chi connectivity index (χ4v) is 2.55. The average Bonchev–Trinajstić information content (AvgIpc) is 2.37. The molecule has 2 rings (SSSR count). The first-order valence-electron chi connectivity index (χ1n) is 6.33. The van der Waals surface area contributed by atoms with Gasteiger partial charge in [-0.05, 0) is 38.3 Å². The fourth-order valence-electron chi connectivity index (χ4n) is 2.55. The third-order valence-electron chi connectivity index (χ3n) is 3.51. The van der Waals surface area contributed by atoms with Gasteiger partial charge in [-0.3, -0.25) is 0 Å². The SMILES string of the molecule is CC1CCCC(CN)N1c1ccc(C(F)(F)F)nn1. The molecule has 1 aliphatic heterocycles. The number of nitrogens with zero attached hydrogens (tertiary/aromatic N) is 3. The molecule has 7 heteroatoms. The summed E-state index contributed by atoms with van der Waals surface area (Å²) in [4.78, 5) is 1.98. The molecule has 0 radical (unpaired) electrons. The van der Waals surface area contributed by atoms with E-state index in [1.165, 1.54) is 6.07 Å². The van der Waals surface area contributed by atoms with E-state index >= 15 is 0 Å². The van der Waals surface area contributed by atoms with Crippen LogP contribution in [0.15, 0.2) is 12.1 Å². The lowest BCUT2D eigenvalue weighted by Gasteiger charge is -2.40. The molecule has 1 saturated heterocycles. The third kappa shape index (κ3) is 2.97. The van der Waals surface area contributed by atoms with Crippen LogP contribution < -0.4 is 10.6 Å². The van der Waals surface area contributed by atoms with E-state index in [-0.39, 0.29) is 12.1 Å². The van der Waals surface area contributed by atoms with Crippen LogP contribution in [0.25, 0.3) is 0 Å². The van der Waals surface area contributed by atoms with Crippen molar-refractivity contribution in [2.75, 3.05) is 11.4 Å². The standard InChI is InChI=1S/C12H17F3N4/c1-8-3-2-4-9(7-16)19(8)11-6-5-10(17-18-11)12(13,14)15/h5-6,8-9H,2-4,7,16H2,1H3. The number of rotatable bonds is 2. The van der Waals surface area contributed by atoms with E-state index in [1.807, 2.05) is 11.8 Å². The minimum Gasteiger partial charge on any atom is -0.348 e. The van der Waals surface area contributed by atoms with Crippen LogP contribution in [-0.2, 0) is 6.18 Å². The van der Waals surface area contributed by atoms with Crippen LogP contribution in [0, 0.1) is 0 Å². The molecular weight excluding hydrogens is 257 g/mol. The van der Waals surface area contributed by atoms with Gasteiger partial charge < -0.3 is 10.6 Å². The normalized spacial score (nSPS) is 24.6. The molecule has 1 aliphatic rings. The Morgan fingerprint density at radius 1 is 1.32 bits per heavy atom. The van der Waals surface area contributed by atoms with Crippen LogP contribution in [-0.4, -0.2) is 28.8 Å². The smallest absolute Gasteiger partial charge is 0.348 e. The number of halogens is 3. The van der Waals surface area contributed by atoms with Crippen LogP contribution in [0.1, 0.15) is 31.9 Å². The van der Waals surface area contributed by atoms with Gasteiger partial charge in [0.25, 0.3) is 0 Å². The number of hydrogen-bond donors (Lipinski definition) is 1. The number of alkyl halides is 3. The maximum absolute atomic E-state index is 12.4. The minimum absolute atomic E-state index is 0.120. The van der Waals surface area contributed by atoms with Gasteiger partial charge in [-0.1, -0.05) is 0 Å². The van der Waals surface area contributed by atoms with E-state index < -0.39 is 11.9 Å². The van der Waals surface area contributed by atoms with Crippen molar-refractivity contribution in [3.63, 3.8) is 0 Å². The Balaban J connectivity index is 2.24. The fraction of sp³-hybridized carbons (Fsp3) is 0.667. The molecule has 0 spiro atoms. The number of piperidine rings is 1. The van der Waals surface area contributed by atoms with Crippen LogP contribution >= 0.6 is 0 Å². The van der Waals surface area contributed by atoms with Crippen LogP contribution in [0.2, 0.25) is 0 Å². The Hall–Kier alpha value is -1.37. The molecule has 0 saturated carbocycles. The van der Waals surface area contributed by atoms with E-state index in [4.69, 9.17) is 5.73 Å². The van der Waals surface area contributed by atoms with Crippen molar-refractivity contribution in [2.45, 2.75) is 44.4 Å². The molecule has 2 heterocycles. The molecule has 2 N–H and O–H groups in total. The largest absolute Gasteiger partial charge is 0.435 e. The highest BCUT2D eigenvalue weighted by molar-refractivity contribution is 5.41. The van der Waals surface area contributed by atoms with Gasteiger partial charge in [0.05, 0.1) is 0 Å². The van der Waals surface area contributed by atoms with Gasteiger partial charge >= 0.3 is 6.18 Å². The molecule has 4 nitrogen and oxygen atoms in total. The number of nitrogens with two attached hydrogens (primary N) is 1. The Labute approximate surface area is 109 Å². The van der Waals surface area contributed by atoms with E-state index in [9.17, 15) is 13.2 Å². The molecule has 0 amide bonds. The van der Waals surface area contributed by atoms with Crippen molar-refractivity contribution >= 4 is 5.82 Å². The summed E-state index contributed by atoms with van der Waals surface area (Å²) in [6.45, 7) is 2.49. The van der Waals surface area contributed by atoms with Gasteiger partial charge in [0.15, 0.2) is 11.5 Å². The predicted molar refractivity (Wildman–Crippen MR) is 65.7 cm³/mol. The second-order valence-electron chi connectivity index (χ2n) is 4.85. The summed E-state index contributed by atoms with van der Waals surface area (Å²) in [5, 5.41) is 6.99. The molecule has 1 fully saturated rings. The zero-order valence-electron chi connectivity index (χ0n) is 10.7. The second-order valence-corrected chi connectivity index (χ2v) is 4.85. The van der Waals surface area contributed by atoms with Crippen molar-refractivity contribution in [1.82, 2.24) is 10.2 Å². The summed E-state index contributed by atoms with van der Waals surface area (Å²) in [5.41, 5.74) is 4.76. The quantitative estimate of drug-likeness (QED) is 0.898. The van der Waals surface area contributed by atoms with Gasteiger partial charge in [0, 0.05) is 18.6 Å². The number of aromatic nitrogens is 2. The summed E-state index contributed by atoms with van der Waals surface area (Å²) in [6.07, 6.45) is -1.46. The topological polar surface area (TPSA) is 55.0 Å². The maximum atomic E-state index is 12.4. The van der Waals surface area contributed by atoms with E-state index in [0.717, 1.165) is 25.3 Å². The zero-order valence-corrected chi connectivity index (χ0v) is 10.7. The Kier molecular flexibility index (Phi) is 3.93. The van der Waals surface area contributed by atoms with E-state index in [0.29, 0.717) is 12.4 Å². The monoisotopic (exact) mass is 274 g/mol. The van der Waals surface area contributed by atoms with Crippen molar-refractivity contribution in [3.8, 4) is 0 Å². The minimum atomic E-state index is -4.45. The summed E-state index contributed by atoms with van der Waals surface area (Å²) in [7, 11) is 0. The van der Waals surface area contributed by atoms with E-state index in [2.05, 4.69) is 10.2 Å². The molecule has 1 aromatic heterocycles. The molecular formula is C12H17F3N4. The molecule has 19 heavy (non-hydrogen) atoms. The highest BCUT2D eigenvalue weighted by Crippen LogP contribution is 2.30. The Morgan fingerprint density at radius 3 is 2.58 bits per heavy atom. The third-order valence-corrected chi connectivity index (χ3v) is 3.51. The van der Waals surface area contributed by atoms with Gasteiger partial charge in [-0.2, -0.15) is 13.2 Å². The number of hydrogen-bond acceptors (Lipinski definition) is 4. The predicted octanol–water partition coefficient (Wildman–Crippen LogP) is 2.20. The lowest BCUT2D eigenvalue weighted by molar-refractivity contribution is -0.141.